The first-order chi connectivity index (χ1) is 13.1. The van der Waals surface area contributed by atoms with E-state index in [-0.39, 0.29) is 6.61 Å². The van der Waals surface area contributed by atoms with Gasteiger partial charge in [-0.05, 0) is 44.7 Å². The largest absolute Gasteiger partial charge is 0.394 e. The van der Waals surface area contributed by atoms with Crippen LogP contribution in [0.4, 0.5) is 0 Å². The van der Waals surface area contributed by atoms with Crippen molar-refractivity contribution in [1.82, 2.24) is 19.6 Å². The van der Waals surface area contributed by atoms with E-state index in [0.29, 0.717) is 18.0 Å². The Labute approximate surface area is 162 Å². The molecule has 1 aromatic carbocycles. The lowest BCUT2D eigenvalue weighted by Crippen LogP contribution is -2.50. The standard InChI is InChI=1S/C22H32N4O/c1-18-21(17-26(23-18)12-13-27)16-25-10-8-22(9-11-25)14-20(15-24(22)2)19-6-4-3-5-7-19/h3-7,17,20,27H,8-16H2,1-2H3/t20-/m1/s1. The van der Waals surface area contributed by atoms with Gasteiger partial charge in [0.1, 0.15) is 0 Å². The first kappa shape index (κ1) is 18.7. The van der Waals surface area contributed by atoms with Gasteiger partial charge in [0.2, 0.25) is 0 Å². The zero-order valence-electron chi connectivity index (χ0n) is 16.6. The number of rotatable bonds is 5. The Morgan fingerprint density at radius 2 is 1.93 bits per heavy atom. The molecule has 1 atom stereocenters. The maximum Gasteiger partial charge on any atom is 0.0641 e. The number of likely N-dealkylation sites (tertiary alicyclic amines) is 2. The van der Waals surface area contributed by atoms with Gasteiger partial charge in [-0.25, -0.2) is 0 Å². The van der Waals surface area contributed by atoms with Crippen molar-refractivity contribution in [2.24, 2.45) is 0 Å². The molecule has 0 aliphatic carbocycles. The molecular weight excluding hydrogens is 336 g/mol. The van der Waals surface area contributed by atoms with Crippen molar-refractivity contribution in [3.05, 3.63) is 53.3 Å². The number of hydrogen-bond acceptors (Lipinski definition) is 4. The Hall–Kier alpha value is -1.69. The number of aryl methyl sites for hydroxylation is 1. The fraction of sp³-hybridized carbons (Fsp3) is 0.591. The molecule has 5 nitrogen and oxygen atoms in total. The average molecular weight is 369 g/mol. The molecule has 0 bridgehead atoms. The molecule has 2 aliphatic heterocycles. The van der Waals surface area contributed by atoms with E-state index in [4.69, 9.17) is 5.11 Å². The lowest BCUT2D eigenvalue weighted by molar-refractivity contribution is 0.0672. The summed E-state index contributed by atoms with van der Waals surface area (Å²) in [4.78, 5) is 5.20. The first-order valence-corrected chi connectivity index (χ1v) is 10.2. The lowest BCUT2D eigenvalue weighted by Gasteiger charge is -2.43. The highest BCUT2D eigenvalue weighted by atomic mass is 16.3. The number of likely N-dealkylation sites (N-methyl/N-ethyl adjacent to an activating group) is 1. The third-order valence-electron chi connectivity index (χ3n) is 6.76. The van der Waals surface area contributed by atoms with E-state index in [1.807, 2.05) is 4.68 Å². The van der Waals surface area contributed by atoms with Crippen LogP contribution in [0.15, 0.2) is 36.5 Å². The minimum Gasteiger partial charge on any atom is -0.394 e. The van der Waals surface area contributed by atoms with Crippen LogP contribution in [0, 0.1) is 6.92 Å². The van der Waals surface area contributed by atoms with E-state index in [2.05, 4.69) is 65.4 Å². The molecule has 0 saturated carbocycles. The molecule has 2 aliphatic rings. The Bertz CT molecular complexity index is 749. The van der Waals surface area contributed by atoms with Crippen LogP contribution in [0.3, 0.4) is 0 Å². The van der Waals surface area contributed by atoms with Crippen molar-refractivity contribution in [1.29, 1.82) is 0 Å². The van der Waals surface area contributed by atoms with Crippen molar-refractivity contribution >= 4 is 0 Å². The normalized spacial score (nSPS) is 23.3. The van der Waals surface area contributed by atoms with Crippen molar-refractivity contribution < 1.29 is 5.11 Å². The number of aromatic nitrogens is 2. The fourth-order valence-electron chi connectivity index (χ4n) is 5.04. The Balaban J connectivity index is 1.37. The second-order valence-electron chi connectivity index (χ2n) is 8.42. The number of aliphatic hydroxyl groups excluding tert-OH is 1. The number of nitrogens with zero attached hydrogens (tertiary/aromatic N) is 4. The van der Waals surface area contributed by atoms with Crippen LogP contribution in [-0.4, -0.2) is 63.5 Å². The minimum atomic E-state index is 0.141. The summed E-state index contributed by atoms with van der Waals surface area (Å²) in [6.07, 6.45) is 5.88. The SMILES string of the molecule is Cc1nn(CCO)cc1CN1CCC2(CC1)C[C@@H](c1ccccc1)CN2C. The number of piperidine rings is 1. The maximum absolute atomic E-state index is 9.11. The predicted octanol–water partition coefficient (Wildman–Crippen LogP) is 2.64. The topological polar surface area (TPSA) is 44.5 Å². The molecule has 4 rings (SSSR count). The summed E-state index contributed by atoms with van der Waals surface area (Å²) in [5, 5.41) is 13.6. The van der Waals surface area contributed by atoms with Gasteiger partial charge in [-0.1, -0.05) is 30.3 Å². The highest BCUT2D eigenvalue weighted by Gasteiger charge is 2.45. The second-order valence-corrected chi connectivity index (χ2v) is 8.42. The van der Waals surface area contributed by atoms with Crippen LogP contribution in [0.2, 0.25) is 0 Å². The fourth-order valence-corrected chi connectivity index (χ4v) is 5.04. The molecule has 0 unspecified atom stereocenters. The van der Waals surface area contributed by atoms with Crippen LogP contribution < -0.4 is 0 Å². The monoisotopic (exact) mass is 368 g/mol. The third-order valence-corrected chi connectivity index (χ3v) is 6.76. The van der Waals surface area contributed by atoms with Gasteiger partial charge in [0.25, 0.3) is 0 Å². The number of aliphatic hydroxyl groups is 1. The molecule has 1 aromatic heterocycles. The van der Waals surface area contributed by atoms with E-state index in [1.54, 1.807) is 0 Å². The van der Waals surface area contributed by atoms with Crippen LogP contribution in [0.1, 0.15) is 42.0 Å². The van der Waals surface area contributed by atoms with Crippen LogP contribution >= 0.6 is 0 Å². The molecular formula is C22H32N4O. The van der Waals surface area contributed by atoms with E-state index in [9.17, 15) is 0 Å². The summed E-state index contributed by atoms with van der Waals surface area (Å²) in [5.41, 5.74) is 4.25. The molecule has 27 heavy (non-hydrogen) atoms. The van der Waals surface area contributed by atoms with Crippen LogP contribution in [-0.2, 0) is 13.1 Å². The molecule has 1 spiro atoms. The summed E-state index contributed by atoms with van der Waals surface area (Å²) in [6.45, 7) is 7.24. The summed E-state index contributed by atoms with van der Waals surface area (Å²) in [5.74, 6) is 0.668. The molecule has 5 heteroatoms. The molecule has 2 fully saturated rings. The van der Waals surface area contributed by atoms with Crippen molar-refractivity contribution in [2.45, 2.75) is 50.7 Å². The average Bonchev–Trinajstić information content (AvgIpc) is 3.18. The molecule has 0 radical (unpaired) electrons. The van der Waals surface area contributed by atoms with Gasteiger partial charge in [0, 0.05) is 43.5 Å². The van der Waals surface area contributed by atoms with Crippen molar-refractivity contribution in [3.8, 4) is 0 Å². The van der Waals surface area contributed by atoms with Gasteiger partial charge in [-0.2, -0.15) is 5.10 Å². The summed E-state index contributed by atoms with van der Waals surface area (Å²) >= 11 is 0. The Kier molecular flexibility index (Phi) is 5.35. The first-order valence-electron chi connectivity index (χ1n) is 10.2. The van der Waals surface area contributed by atoms with Gasteiger partial charge in [0.05, 0.1) is 18.8 Å². The van der Waals surface area contributed by atoms with Crippen molar-refractivity contribution in [3.63, 3.8) is 0 Å². The van der Waals surface area contributed by atoms with Gasteiger partial charge >= 0.3 is 0 Å². The van der Waals surface area contributed by atoms with Crippen LogP contribution in [0.5, 0.6) is 0 Å². The molecule has 146 valence electrons. The summed E-state index contributed by atoms with van der Waals surface area (Å²) in [7, 11) is 2.32. The number of benzene rings is 1. The van der Waals surface area contributed by atoms with Gasteiger partial charge < -0.3 is 5.11 Å². The highest BCUT2D eigenvalue weighted by molar-refractivity contribution is 5.23. The quantitative estimate of drug-likeness (QED) is 0.881. The second kappa shape index (κ2) is 7.74. The summed E-state index contributed by atoms with van der Waals surface area (Å²) < 4.78 is 1.87. The molecule has 0 amide bonds. The molecule has 3 heterocycles. The highest BCUT2D eigenvalue weighted by Crippen LogP contribution is 2.44. The van der Waals surface area contributed by atoms with Gasteiger partial charge in [0.15, 0.2) is 0 Å². The van der Waals surface area contributed by atoms with Gasteiger partial charge in [-0.3, -0.25) is 14.5 Å². The molecule has 2 saturated heterocycles. The third kappa shape index (κ3) is 3.82. The zero-order valence-corrected chi connectivity index (χ0v) is 16.6. The van der Waals surface area contributed by atoms with Crippen LogP contribution in [0.25, 0.3) is 0 Å². The van der Waals surface area contributed by atoms with Gasteiger partial charge in [-0.15, -0.1) is 0 Å². The van der Waals surface area contributed by atoms with E-state index < -0.39 is 0 Å². The van der Waals surface area contributed by atoms with E-state index in [1.165, 1.54) is 36.9 Å². The predicted molar refractivity (Wildman–Crippen MR) is 108 cm³/mol. The summed E-state index contributed by atoms with van der Waals surface area (Å²) in [6, 6.07) is 11.0. The number of hydrogen-bond donors (Lipinski definition) is 1. The zero-order chi connectivity index (χ0) is 18.9. The Morgan fingerprint density at radius 3 is 2.63 bits per heavy atom. The maximum atomic E-state index is 9.11. The molecule has 1 N–H and O–H groups in total. The Morgan fingerprint density at radius 1 is 1.19 bits per heavy atom. The van der Waals surface area contributed by atoms with E-state index >= 15 is 0 Å². The lowest BCUT2D eigenvalue weighted by atomic mass is 9.81. The van der Waals surface area contributed by atoms with Crippen molar-refractivity contribution in [2.75, 3.05) is 33.3 Å². The van der Waals surface area contributed by atoms with E-state index in [0.717, 1.165) is 25.3 Å². The smallest absolute Gasteiger partial charge is 0.0641 e. The minimum absolute atomic E-state index is 0.141. The molecule has 2 aromatic rings.